The molecule has 1 aromatic heterocycles. The molecular formula is C25H25Cl2FN4O3. The number of anilines is 1. The fourth-order valence-corrected chi connectivity index (χ4v) is 5.11. The molecule has 0 spiro atoms. The van der Waals surface area contributed by atoms with Crippen molar-refractivity contribution in [2.75, 3.05) is 32.8 Å². The third kappa shape index (κ3) is 4.99. The van der Waals surface area contributed by atoms with Crippen molar-refractivity contribution in [1.29, 1.82) is 0 Å². The van der Waals surface area contributed by atoms with Crippen LogP contribution in [0.15, 0.2) is 43.1 Å². The van der Waals surface area contributed by atoms with Gasteiger partial charge >= 0.3 is 0 Å². The first-order valence-electron chi connectivity index (χ1n) is 11.0. The number of halogens is 3. The minimum absolute atomic E-state index is 0.0889. The van der Waals surface area contributed by atoms with Crippen LogP contribution in [0.1, 0.15) is 12.8 Å². The van der Waals surface area contributed by atoms with Gasteiger partial charge in [0.2, 0.25) is 11.9 Å². The number of amides is 1. The minimum atomic E-state index is -0.486. The quantitative estimate of drug-likeness (QED) is 0.394. The summed E-state index contributed by atoms with van der Waals surface area (Å²) in [7, 11) is 3.05. The number of ether oxygens (including phenoxy) is 2. The van der Waals surface area contributed by atoms with Crippen molar-refractivity contribution in [3.63, 3.8) is 0 Å². The van der Waals surface area contributed by atoms with Crippen LogP contribution in [0.4, 0.5) is 10.3 Å². The Hall–Kier alpha value is -3.10. The predicted octanol–water partition coefficient (Wildman–Crippen LogP) is 5.55. The number of fused-ring (bicyclic) bond motifs is 1. The lowest BCUT2D eigenvalue weighted by molar-refractivity contribution is -0.126. The van der Waals surface area contributed by atoms with Gasteiger partial charge < -0.3 is 19.7 Å². The molecule has 4 rings (SSSR count). The van der Waals surface area contributed by atoms with Crippen LogP contribution in [0.2, 0.25) is 10.0 Å². The lowest BCUT2D eigenvalue weighted by atomic mass is 10.0. The number of carbonyl (C=O) groups excluding carboxylic acids is 1. The van der Waals surface area contributed by atoms with Crippen LogP contribution in [-0.2, 0) is 4.79 Å². The molecule has 184 valence electrons. The first kappa shape index (κ1) is 25.0. The highest BCUT2D eigenvalue weighted by Crippen LogP contribution is 2.46. The van der Waals surface area contributed by atoms with Crippen molar-refractivity contribution in [3.05, 3.63) is 53.2 Å². The molecule has 2 heterocycles. The maximum absolute atomic E-state index is 13.0. The average molecular weight is 519 g/mol. The second-order valence-electron chi connectivity index (χ2n) is 8.15. The van der Waals surface area contributed by atoms with Gasteiger partial charge in [0.25, 0.3) is 0 Å². The second kappa shape index (κ2) is 10.7. The number of carbonyl (C=O) groups is 1. The van der Waals surface area contributed by atoms with Gasteiger partial charge in [-0.05, 0) is 36.6 Å². The smallest absolute Gasteiger partial charge is 0.246 e. The number of benzene rings is 2. The Kier molecular flexibility index (Phi) is 7.62. The number of nitrogens with one attached hydrogen (secondary N) is 1. The Labute approximate surface area is 212 Å². The SMILES string of the molecule is C=CC(=O)N1C[C@@H](Nc2ncc3cc(-c4c(Cl)c(OC)cc(OC)c4Cl)ccc3n2)C[C@H]1CCF. The third-order valence-electron chi connectivity index (χ3n) is 6.09. The van der Waals surface area contributed by atoms with Crippen molar-refractivity contribution in [2.24, 2.45) is 0 Å². The molecule has 0 radical (unpaired) electrons. The Morgan fingerprint density at radius 2 is 1.97 bits per heavy atom. The first-order chi connectivity index (χ1) is 16.9. The standard InChI is InChI=1S/C25H25Cl2FN4O3/c1-4-21(33)32-13-16(10-17(32)7-8-28)30-25-29-12-15-9-14(5-6-18(15)31-25)22-23(26)19(34-2)11-20(35-3)24(22)27/h4-6,9,11-12,16-17H,1,7-8,10,13H2,2-3H3,(H,29,30,31)/t16-,17+/m0/s1. The van der Waals surface area contributed by atoms with Crippen molar-refractivity contribution < 1.29 is 18.7 Å². The van der Waals surface area contributed by atoms with Gasteiger partial charge in [-0.25, -0.2) is 9.97 Å². The molecule has 10 heteroatoms. The zero-order valence-electron chi connectivity index (χ0n) is 19.4. The Morgan fingerprint density at radius 1 is 1.26 bits per heavy atom. The summed E-state index contributed by atoms with van der Waals surface area (Å²) in [6.07, 6.45) is 3.86. The molecule has 1 amide bonds. The van der Waals surface area contributed by atoms with E-state index in [4.69, 9.17) is 32.7 Å². The summed E-state index contributed by atoms with van der Waals surface area (Å²) < 4.78 is 23.7. The second-order valence-corrected chi connectivity index (χ2v) is 8.91. The molecule has 2 aromatic carbocycles. The van der Waals surface area contributed by atoms with E-state index in [0.29, 0.717) is 58.0 Å². The van der Waals surface area contributed by atoms with Crippen molar-refractivity contribution in [3.8, 4) is 22.6 Å². The molecule has 3 aromatic rings. The van der Waals surface area contributed by atoms with E-state index in [-0.39, 0.29) is 18.0 Å². The highest BCUT2D eigenvalue weighted by molar-refractivity contribution is 6.41. The van der Waals surface area contributed by atoms with Crippen LogP contribution >= 0.6 is 23.2 Å². The number of hydrogen-bond acceptors (Lipinski definition) is 6. The third-order valence-corrected chi connectivity index (χ3v) is 6.84. The summed E-state index contributed by atoms with van der Waals surface area (Å²) in [6.45, 7) is 3.49. The van der Waals surface area contributed by atoms with Crippen LogP contribution in [0.3, 0.4) is 0 Å². The van der Waals surface area contributed by atoms with E-state index in [1.807, 2.05) is 18.2 Å². The van der Waals surface area contributed by atoms with Crippen LogP contribution in [0.25, 0.3) is 22.0 Å². The van der Waals surface area contributed by atoms with Gasteiger partial charge in [-0.2, -0.15) is 0 Å². The summed E-state index contributed by atoms with van der Waals surface area (Å²) in [4.78, 5) is 22.8. The summed E-state index contributed by atoms with van der Waals surface area (Å²) in [6, 6.07) is 6.98. The maximum Gasteiger partial charge on any atom is 0.246 e. The lowest BCUT2D eigenvalue weighted by Gasteiger charge is -2.21. The molecule has 0 bridgehead atoms. The van der Waals surface area contributed by atoms with E-state index < -0.39 is 6.67 Å². The number of methoxy groups -OCH3 is 2. The molecule has 1 aliphatic heterocycles. The first-order valence-corrected chi connectivity index (χ1v) is 11.8. The number of alkyl halides is 1. The number of hydrogen-bond donors (Lipinski definition) is 1. The van der Waals surface area contributed by atoms with Crippen molar-refractivity contribution >= 4 is 46.0 Å². The van der Waals surface area contributed by atoms with Gasteiger partial charge in [0.1, 0.15) is 11.5 Å². The Morgan fingerprint density at radius 3 is 2.60 bits per heavy atom. The number of rotatable bonds is 8. The van der Waals surface area contributed by atoms with E-state index in [1.165, 1.54) is 20.3 Å². The van der Waals surface area contributed by atoms with E-state index in [9.17, 15) is 9.18 Å². The normalized spacial score (nSPS) is 17.5. The zero-order chi connectivity index (χ0) is 25.1. The van der Waals surface area contributed by atoms with E-state index in [0.717, 1.165) is 10.9 Å². The Bertz CT molecular complexity index is 1240. The van der Waals surface area contributed by atoms with Gasteiger partial charge in [0.15, 0.2) is 0 Å². The molecule has 1 aliphatic rings. The maximum atomic E-state index is 13.0. The van der Waals surface area contributed by atoms with Gasteiger partial charge in [0.05, 0.1) is 36.5 Å². The molecule has 2 atom stereocenters. The lowest BCUT2D eigenvalue weighted by Crippen LogP contribution is -2.35. The van der Waals surface area contributed by atoms with Gasteiger partial charge in [-0.1, -0.05) is 35.8 Å². The van der Waals surface area contributed by atoms with E-state index in [1.54, 1.807) is 17.2 Å². The molecule has 1 saturated heterocycles. The minimum Gasteiger partial charge on any atom is -0.495 e. The van der Waals surface area contributed by atoms with E-state index in [2.05, 4.69) is 21.9 Å². The molecule has 0 unspecified atom stereocenters. The highest BCUT2D eigenvalue weighted by Gasteiger charge is 2.34. The van der Waals surface area contributed by atoms with Crippen LogP contribution < -0.4 is 14.8 Å². The fraction of sp³-hybridized carbons (Fsp3) is 0.320. The van der Waals surface area contributed by atoms with Crippen molar-refractivity contribution in [2.45, 2.75) is 24.9 Å². The molecule has 35 heavy (non-hydrogen) atoms. The number of aromatic nitrogens is 2. The topological polar surface area (TPSA) is 76.6 Å². The molecule has 0 saturated carbocycles. The average Bonchev–Trinajstić information content (AvgIpc) is 3.26. The summed E-state index contributed by atoms with van der Waals surface area (Å²) in [5, 5.41) is 4.81. The zero-order valence-corrected chi connectivity index (χ0v) is 20.9. The molecular weight excluding hydrogens is 494 g/mol. The van der Waals surface area contributed by atoms with Gasteiger partial charge in [-0.15, -0.1) is 0 Å². The Balaban J connectivity index is 1.60. The highest BCUT2D eigenvalue weighted by atomic mass is 35.5. The predicted molar refractivity (Wildman–Crippen MR) is 136 cm³/mol. The molecule has 7 nitrogen and oxygen atoms in total. The van der Waals surface area contributed by atoms with Gasteiger partial charge in [-0.3, -0.25) is 9.18 Å². The van der Waals surface area contributed by atoms with Crippen LogP contribution in [-0.4, -0.2) is 60.3 Å². The summed E-state index contributed by atoms with van der Waals surface area (Å²) in [5.74, 6) is 1.13. The summed E-state index contributed by atoms with van der Waals surface area (Å²) in [5.41, 5.74) is 2.06. The van der Waals surface area contributed by atoms with E-state index >= 15 is 0 Å². The number of nitrogens with zero attached hydrogens (tertiary/aromatic N) is 3. The summed E-state index contributed by atoms with van der Waals surface area (Å²) >= 11 is 13.1. The molecule has 0 aliphatic carbocycles. The van der Waals surface area contributed by atoms with Crippen LogP contribution in [0, 0.1) is 0 Å². The fourth-order valence-electron chi connectivity index (χ4n) is 4.39. The van der Waals surface area contributed by atoms with Gasteiger partial charge in [0, 0.05) is 41.8 Å². The monoisotopic (exact) mass is 518 g/mol. The largest absolute Gasteiger partial charge is 0.495 e. The molecule has 1 fully saturated rings. The molecule has 1 N–H and O–H groups in total. The van der Waals surface area contributed by atoms with Crippen LogP contribution in [0.5, 0.6) is 11.5 Å². The number of likely N-dealkylation sites (tertiary alicyclic amines) is 1. The van der Waals surface area contributed by atoms with Crippen molar-refractivity contribution in [1.82, 2.24) is 14.9 Å².